The summed E-state index contributed by atoms with van der Waals surface area (Å²) in [5, 5.41) is 6.02. The standard InChI is InChI=1S/C32H41N3O4/c1-7-8-9-11-22(30-27(38-5)12-10-13-28(30)39-6)21-29(36)35-26-20-23(14-15-25(26)32(2,3)4)31(37)34-24-16-18-33-19-17-24/h10,12-20,22H,7-9,11,21H2,1-6H3,(H,35,36)(H,33,34,37). The number of carbonyl (C=O) groups is 2. The molecule has 2 N–H and O–H groups in total. The van der Waals surface area contributed by atoms with Crippen molar-refractivity contribution in [2.75, 3.05) is 24.9 Å². The summed E-state index contributed by atoms with van der Waals surface area (Å²) in [7, 11) is 3.28. The van der Waals surface area contributed by atoms with Gasteiger partial charge < -0.3 is 20.1 Å². The van der Waals surface area contributed by atoms with E-state index in [0.717, 1.165) is 36.8 Å². The Morgan fingerprint density at radius 1 is 0.923 bits per heavy atom. The lowest BCUT2D eigenvalue weighted by atomic mass is 9.84. The van der Waals surface area contributed by atoms with E-state index in [1.165, 1.54) is 0 Å². The summed E-state index contributed by atoms with van der Waals surface area (Å²) in [4.78, 5) is 30.6. The van der Waals surface area contributed by atoms with Gasteiger partial charge in [-0.25, -0.2) is 0 Å². The molecular formula is C32H41N3O4. The molecule has 0 fully saturated rings. The molecule has 1 heterocycles. The molecule has 0 bridgehead atoms. The number of methoxy groups -OCH3 is 2. The lowest BCUT2D eigenvalue weighted by Gasteiger charge is -2.25. The van der Waals surface area contributed by atoms with Crippen LogP contribution in [-0.4, -0.2) is 31.0 Å². The van der Waals surface area contributed by atoms with Gasteiger partial charge in [-0.05, 0) is 59.7 Å². The molecule has 1 aromatic heterocycles. The molecule has 0 aliphatic rings. The Kier molecular flexibility index (Phi) is 10.5. The van der Waals surface area contributed by atoms with E-state index in [9.17, 15) is 9.59 Å². The van der Waals surface area contributed by atoms with Crippen LogP contribution in [0.1, 0.15) is 87.2 Å². The average molecular weight is 532 g/mol. The second-order valence-corrected chi connectivity index (χ2v) is 10.7. The smallest absolute Gasteiger partial charge is 0.255 e. The molecule has 1 unspecified atom stereocenters. The molecule has 0 aliphatic carbocycles. The first-order valence-corrected chi connectivity index (χ1v) is 13.5. The minimum Gasteiger partial charge on any atom is -0.496 e. The fourth-order valence-electron chi connectivity index (χ4n) is 4.78. The first-order chi connectivity index (χ1) is 18.7. The number of hydrogen-bond donors (Lipinski definition) is 2. The van der Waals surface area contributed by atoms with Crippen LogP contribution >= 0.6 is 0 Å². The molecule has 1 atom stereocenters. The van der Waals surface area contributed by atoms with E-state index < -0.39 is 0 Å². The maximum Gasteiger partial charge on any atom is 0.255 e. The van der Waals surface area contributed by atoms with E-state index >= 15 is 0 Å². The van der Waals surface area contributed by atoms with E-state index in [-0.39, 0.29) is 29.6 Å². The normalized spacial score (nSPS) is 11.9. The van der Waals surface area contributed by atoms with Crippen LogP contribution in [0.5, 0.6) is 11.5 Å². The Hall–Kier alpha value is -3.87. The Morgan fingerprint density at radius 2 is 1.59 bits per heavy atom. The highest BCUT2D eigenvalue weighted by Gasteiger charge is 2.26. The van der Waals surface area contributed by atoms with Crippen molar-refractivity contribution < 1.29 is 19.1 Å². The van der Waals surface area contributed by atoms with Crippen LogP contribution in [0.25, 0.3) is 0 Å². The van der Waals surface area contributed by atoms with Crippen LogP contribution in [0, 0.1) is 0 Å². The molecule has 0 radical (unpaired) electrons. The first kappa shape index (κ1) is 29.7. The predicted octanol–water partition coefficient (Wildman–Crippen LogP) is 7.34. The van der Waals surface area contributed by atoms with Crippen LogP contribution in [0.4, 0.5) is 11.4 Å². The minimum absolute atomic E-state index is 0.0843. The van der Waals surface area contributed by atoms with Gasteiger partial charge >= 0.3 is 0 Å². The van der Waals surface area contributed by atoms with Crippen LogP contribution in [0.15, 0.2) is 60.9 Å². The molecule has 7 nitrogen and oxygen atoms in total. The summed E-state index contributed by atoms with van der Waals surface area (Å²) in [6.07, 6.45) is 7.50. The van der Waals surface area contributed by atoms with E-state index in [4.69, 9.17) is 9.47 Å². The summed E-state index contributed by atoms with van der Waals surface area (Å²) >= 11 is 0. The van der Waals surface area contributed by atoms with Crippen molar-refractivity contribution in [2.45, 2.75) is 71.1 Å². The molecule has 0 saturated heterocycles. The third-order valence-corrected chi connectivity index (χ3v) is 6.76. The SMILES string of the molecule is CCCCCC(CC(=O)Nc1cc(C(=O)Nc2ccncc2)ccc1C(C)(C)C)c1c(OC)cccc1OC. The zero-order valence-corrected chi connectivity index (χ0v) is 24.0. The highest BCUT2D eigenvalue weighted by molar-refractivity contribution is 6.05. The topological polar surface area (TPSA) is 89.6 Å². The lowest BCUT2D eigenvalue weighted by Crippen LogP contribution is -2.22. The number of carbonyl (C=O) groups excluding carboxylic acids is 2. The molecule has 208 valence electrons. The van der Waals surface area contributed by atoms with Crippen LogP contribution in [-0.2, 0) is 10.2 Å². The van der Waals surface area contributed by atoms with Crippen molar-refractivity contribution in [3.05, 3.63) is 77.6 Å². The molecule has 3 rings (SSSR count). The average Bonchev–Trinajstić information content (AvgIpc) is 2.92. The Morgan fingerprint density at radius 3 is 2.18 bits per heavy atom. The molecule has 7 heteroatoms. The Labute approximate surface area is 232 Å². The van der Waals surface area contributed by atoms with Crippen LogP contribution in [0.3, 0.4) is 0 Å². The molecule has 39 heavy (non-hydrogen) atoms. The molecule has 0 saturated carbocycles. The van der Waals surface area contributed by atoms with Crippen molar-refractivity contribution in [3.8, 4) is 11.5 Å². The largest absolute Gasteiger partial charge is 0.496 e. The summed E-state index contributed by atoms with van der Waals surface area (Å²) in [6, 6.07) is 14.6. The lowest BCUT2D eigenvalue weighted by molar-refractivity contribution is -0.116. The number of nitrogens with zero attached hydrogens (tertiary/aromatic N) is 1. The van der Waals surface area contributed by atoms with Gasteiger partial charge in [-0.15, -0.1) is 0 Å². The van der Waals surface area contributed by atoms with Gasteiger partial charge in [0.05, 0.1) is 14.2 Å². The third-order valence-electron chi connectivity index (χ3n) is 6.76. The molecule has 3 aromatic rings. The number of nitrogens with one attached hydrogen (secondary N) is 2. The van der Waals surface area contributed by atoms with Crippen molar-refractivity contribution in [2.24, 2.45) is 0 Å². The van der Waals surface area contributed by atoms with E-state index in [1.807, 2.05) is 24.3 Å². The van der Waals surface area contributed by atoms with E-state index in [2.05, 4.69) is 43.3 Å². The molecule has 0 spiro atoms. The van der Waals surface area contributed by atoms with E-state index in [0.29, 0.717) is 28.4 Å². The number of aromatic nitrogens is 1. The molecule has 2 amide bonds. The summed E-state index contributed by atoms with van der Waals surface area (Å²) in [5.41, 5.74) is 3.37. The van der Waals surface area contributed by atoms with Crippen molar-refractivity contribution in [3.63, 3.8) is 0 Å². The summed E-state index contributed by atoms with van der Waals surface area (Å²) in [6.45, 7) is 8.42. The zero-order chi connectivity index (χ0) is 28.4. The van der Waals surface area contributed by atoms with Gasteiger partial charge in [0.1, 0.15) is 11.5 Å². The van der Waals surface area contributed by atoms with Gasteiger partial charge in [0.2, 0.25) is 5.91 Å². The number of amides is 2. The maximum atomic E-state index is 13.6. The number of ether oxygens (including phenoxy) is 2. The van der Waals surface area contributed by atoms with Crippen LogP contribution in [0.2, 0.25) is 0 Å². The fourth-order valence-corrected chi connectivity index (χ4v) is 4.78. The quantitative estimate of drug-likeness (QED) is 0.239. The van der Waals surface area contributed by atoms with Gasteiger partial charge in [-0.1, -0.05) is 59.1 Å². The van der Waals surface area contributed by atoms with Crippen LogP contribution < -0.4 is 20.1 Å². The number of benzene rings is 2. The highest BCUT2D eigenvalue weighted by Crippen LogP contribution is 2.40. The van der Waals surface area contributed by atoms with Crippen molar-refractivity contribution in [1.29, 1.82) is 0 Å². The predicted molar refractivity (Wildman–Crippen MR) is 157 cm³/mol. The van der Waals surface area contributed by atoms with E-state index in [1.54, 1.807) is 50.9 Å². The highest BCUT2D eigenvalue weighted by atomic mass is 16.5. The number of pyridine rings is 1. The number of rotatable bonds is 12. The molecule has 0 aliphatic heterocycles. The monoisotopic (exact) mass is 531 g/mol. The van der Waals surface area contributed by atoms with Gasteiger partial charge in [-0.3, -0.25) is 14.6 Å². The van der Waals surface area contributed by atoms with Gasteiger partial charge in [0.25, 0.3) is 5.91 Å². The van der Waals surface area contributed by atoms with Crippen molar-refractivity contribution >= 4 is 23.2 Å². The Balaban J connectivity index is 1.90. The maximum absolute atomic E-state index is 13.6. The molecule has 2 aromatic carbocycles. The number of anilines is 2. The number of hydrogen-bond acceptors (Lipinski definition) is 5. The Bertz CT molecular complexity index is 1230. The minimum atomic E-state index is -0.256. The number of unbranched alkanes of at least 4 members (excludes halogenated alkanes) is 2. The summed E-state index contributed by atoms with van der Waals surface area (Å²) in [5.74, 6) is 0.969. The molecular weight excluding hydrogens is 490 g/mol. The van der Waals surface area contributed by atoms with Crippen molar-refractivity contribution in [1.82, 2.24) is 4.98 Å². The summed E-state index contributed by atoms with van der Waals surface area (Å²) < 4.78 is 11.3. The van der Waals surface area contributed by atoms with Gasteiger partial charge in [0, 0.05) is 41.3 Å². The van der Waals surface area contributed by atoms with Gasteiger partial charge in [-0.2, -0.15) is 0 Å². The zero-order valence-electron chi connectivity index (χ0n) is 24.0. The first-order valence-electron chi connectivity index (χ1n) is 13.5. The second-order valence-electron chi connectivity index (χ2n) is 10.7. The second kappa shape index (κ2) is 13.8. The third kappa shape index (κ3) is 8.06. The fraction of sp³-hybridized carbons (Fsp3) is 0.406. The van der Waals surface area contributed by atoms with Gasteiger partial charge in [0.15, 0.2) is 0 Å².